The average Bonchev–Trinajstić information content (AvgIpc) is 2.84. The van der Waals surface area contributed by atoms with Gasteiger partial charge in [-0.05, 0) is 35.9 Å². The number of nitro groups is 1. The normalized spacial score (nSPS) is 11.9. The third-order valence-electron chi connectivity index (χ3n) is 4.74. The molecule has 4 aromatic rings. The topological polar surface area (TPSA) is 90.7 Å². The lowest BCUT2D eigenvalue weighted by molar-refractivity contribution is -0.384. The number of rotatable bonds is 9. The Bertz CT molecular complexity index is 1210. The Balaban J connectivity index is 1.79. The van der Waals surface area contributed by atoms with Crippen LogP contribution in [0.2, 0.25) is 0 Å². The van der Waals surface area contributed by atoms with Gasteiger partial charge in [-0.2, -0.15) is 0 Å². The van der Waals surface area contributed by atoms with Gasteiger partial charge in [0.25, 0.3) is 5.69 Å². The van der Waals surface area contributed by atoms with Gasteiger partial charge in [-0.25, -0.2) is 4.57 Å². The fourth-order valence-electron chi connectivity index (χ4n) is 3.23. The van der Waals surface area contributed by atoms with Crippen molar-refractivity contribution in [3.8, 4) is 11.5 Å². The highest BCUT2D eigenvalue weighted by molar-refractivity contribution is 7.55. The van der Waals surface area contributed by atoms with Crippen molar-refractivity contribution in [2.24, 2.45) is 0 Å². The Morgan fingerprint density at radius 1 is 0.727 bits per heavy atom. The minimum absolute atomic E-state index is 0.0883. The number of nitro benzene ring substituents is 1. The van der Waals surface area contributed by atoms with Crippen LogP contribution in [-0.4, -0.2) is 4.92 Å². The van der Waals surface area contributed by atoms with E-state index in [0.717, 1.165) is 0 Å². The van der Waals surface area contributed by atoms with E-state index in [1.807, 2.05) is 30.3 Å². The van der Waals surface area contributed by atoms with Crippen molar-refractivity contribution in [3.63, 3.8) is 0 Å². The van der Waals surface area contributed by atoms with E-state index in [2.05, 4.69) is 5.32 Å². The van der Waals surface area contributed by atoms with Gasteiger partial charge in [0.05, 0.1) is 4.92 Å². The highest BCUT2D eigenvalue weighted by Crippen LogP contribution is 2.60. The first-order chi connectivity index (χ1) is 16.0. The summed E-state index contributed by atoms with van der Waals surface area (Å²) < 4.78 is 26.5. The van der Waals surface area contributed by atoms with E-state index < -0.39 is 18.3 Å². The Morgan fingerprint density at radius 2 is 1.24 bits per heavy atom. The van der Waals surface area contributed by atoms with Crippen LogP contribution in [0.1, 0.15) is 11.3 Å². The second-order valence-electron chi connectivity index (χ2n) is 7.11. The number of hydrogen-bond donors (Lipinski definition) is 1. The molecule has 0 radical (unpaired) electrons. The number of benzene rings is 4. The van der Waals surface area contributed by atoms with Crippen LogP contribution in [-0.2, 0) is 4.57 Å². The Morgan fingerprint density at radius 3 is 1.76 bits per heavy atom. The summed E-state index contributed by atoms with van der Waals surface area (Å²) in [6, 6.07) is 32.6. The molecular formula is C25H21N2O5P. The van der Waals surface area contributed by atoms with Gasteiger partial charge in [-0.1, -0.05) is 72.8 Å². The van der Waals surface area contributed by atoms with Gasteiger partial charge in [-0.3, -0.25) is 10.1 Å². The standard InChI is InChI=1S/C25H21N2O5P/c28-27(29)22-14-10-13-21(19-22)26-25(20-11-4-1-5-12-20)33(30,31-23-15-6-2-7-16-23)32-24-17-8-3-9-18-24/h1-19,25-26H. The molecule has 0 bridgehead atoms. The molecule has 166 valence electrons. The molecule has 1 atom stereocenters. The summed E-state index contributed by atoms with van der Waals surface area (Å²) in [5.74, 6) is -0.210. The zero-order valence-electron chi connectivity index (χ0n) is 17.5. The molecule has 1 unspecified atom stereocenters. The molecule has 33 heavy (non-hydrogen) atoms. The molecule has 8 heteroatoms. The van der Waals surface area contributed by atoms with Crippen molar-refractivity contribution in [3.05, 3.63) is 131 Å². The smallest absolute Gasteiger partial charge is 0.414 e. The summed E-state index contributed by atoms with van der Waals surface area (Å²) >= 11 is 0. The van der Waals surface area contributed by atoms with Crippen LogP contribution in [0, 0.1) is 10.1 Å². The van der Waals surface area contributed by atoms with E-state index >= 15 is 0 Å². The molecule has 0 saturated carbocycles. The molecule has 4 rings (SSSR count). The van der Waals surface area contributed by atoms with Gasteiger partial charge < -0.3 is 14.4 Å². The molecule has 7 nitrogen and oxygen atoms in total. The van der Waals surface area contributed by atoms with Crippen LogP contribution in [0.4, 0.5) is 11.4 Å². The maximum Gasteiger partial charge on any atom is 0.457 e. The molecule has 0 aliphatic heterocycles. The van der Waals surface area contributed by atoms with Crippen molar-refractivity contribution in [1.29, 1.82) is 0 Å². The van der Waals surface area contributed by atoms with Crippen LogP contribution >= 0.6 is 7.60 Å². The van der Waals surface area contributed by atoms with Crippen molar-refractivity contribution < 1.29 is 18.5 Å². The third kappa shape index (κ3) is 5.59. The minimum Gasteiger partial charge on any atom is -0.414 e. The number of nitrogens with one attached hydrogen (secondary N) is 1. The van der Waals surface area contributed by atoms with Gasteiger partial charge in [0, 0.05) is 17.8 Å². The average molecular weight is 460 g/mol. The lowest BCUT2D eigenvalue weighted by Gasteiger charge is -2.29. The molecule has 0 aliphatic rings. The molecule has 0 heterocycles. The van der Waals surface area contributed by atoms with E-state index in [-0.39, 0.29) is 5.69 Å². The molecule has 0 spiro atoms. The summed E-state index contributed by atoms with van der Waals surface area (Å²) in [5.41, 5.74) is 0.959. The van der Waals surface area contributed by atoms with Crippen molar-refractivity contribution in [2.45, 2.75) is 5.78 Å². The third-order valence-corrected chi connectivity index (χ3v) is 6.73. The van der Waals surface area contributed by atoms with E-state index in [4.69, 9.17) is 9.05 Å². The van der Waals surface area contributed by atoms with Crippen LogP contribution in [0.15, 0.2) is 115 Å². The summed E-state index contributed by atoms with van der Waals surface area (Å²) in [5, 5.41) is 14.4. The van der Waals surface area contributed by atoms with Crippen molar-refractivity contribution in [1.82, 2.24) is 0 Å². The first kappa shape index (κ1) is 22.1. The molecule has 0 aromatic heterocycles. The van der Waals surface area contributed by atoms with E-state index in [0.29, 0.717) is 22.7 Å². The van der Waals surface area contributed by atoms with Crippen LogP contribution in [0.3, 0.4) is 0 Å². The second-order valence-corrected chi connectivity index (χ2v) is 9.07. The Kier molecular flexibility index (Phi) is 6.72. The van der Waals surface area contributed by atoms with Gasteiger partial charge >= 0.3 is 7.60 Å². The van der Waals surface area contributed by atoms with Gasteiger partial charge in [-0.15, -0.1) is 0 Å². The monoisotopic (exact) mass is 460 g/mol. The van der Waals surface area contributed by atoms with E-state index in [9.17, 15) is 14.7 Å². The molecule has 4 aromatic carbocycles. The molecule has 0 amide bonds. The van der Waals surface area contributed by atoms with Crippen LogP contribution < -0.4 is 14.4 Å². The Labute approximate surface area is 191 Å². The fourth-order valence-corrected chi connectivity index (χ4v) is 5.15. The number of non-ortho nitro benzene ring substituents is 1. The predicted molar refractivity (Wildman–Crippen MR) is 128 cm³/mol. The number of anilines is 1. The highest BCUT2D eigenvalue weighted by atomic mass is 31.2. The first-order valence-electron chi connectivity index (χ1n) is 10.2. The van der Waals surface area contributed by atoms with E-state index in [1.54, 1.807) is 72.8 Å². The lowest BCUT2D eigenvalue weighted by atomic mass is 10.2. The summed E-state index contributed by atoms with van der Waals surface area (Å²) in [6.07, 6.45) is 0. The lowest BCUT2D eigenvalue weighted by Crippen LogP contribution is -2.18. The summed E-state index contributed by atoms with van der Waals surface area (Å²) in [6.45, 7) is 0. The summed E-state index contributed by atoms with van der Waals surface area (Å²) in [4.78, 5) is 10.8. The maximum atomic E-state index is 14.4. The largest absolute Gasteiger partial charge is 0.457 e. The van der Waals surface area contributed by atoms with Crippen molar-refractivity contribution >= 4 is 19.0 Å². The van der Waals surface area contributed by atoms with Crippen LogP contribution in [0.5, 0.6) is 11.5 Å². The van der Waals surface area contributed by atoms with Gasteiger partial charge in [0.2, 0.25) is 0 Å². The second kappa shape index (κ2) is 10.0. The first-order valence-corrected chi connectivity index (χ1v) is 11.8. The van der Waals surface area contributed by atoms with Gasteiger partial charge in [0.15, 0.2) is 5.78 Å². The molecular weight excluding hydrogens is 439 g/mol. The molecule has 1 N–H and O–H groups in total. The molecule has 0 saturated heterocycles. The Hall–Kier alpha value is -4.09. The quantitative estimate of drug-likeness (QED) is 0.163. The van der Waals surface area contributed by atoms with Crippen molar-refractivity contribution in [2.75, 3.05) is 5.32 Å². The number of hydrogen-bond acceptors (Lipinski definition) is 6. The maximum absolute atomic E-state index is 14.4. The SMILES string of the molecule is O=[N+]([O-])c1cccc(NC(c2ccccc2)P(=O)(Oc2ccccc2)Oc2ccccc2)c1. The predicted octanol–water partition coefficient (Wildman–Crippen LogP) is 7.06. The number of para-hydroxylation sites is 2. The zero-order chi connectivity index (χ0) is 23.1. The minimum atomic E-state index is -3.98. The number of nitrogens with zero attached hydrogens (tertiary/aromatic N) is 1. The van der Waals surface area contributed by atoms with Crippen LogP contribution in [0.25, 0.3) is 0 Å². The highest BCUT2D eigenvalue weighted by Gasteiger charge is 2.41. The molecule has 0 fully saturated rings. The van der Waals surface area contributed by atoms with Gasteiger partial charge in [0.1, 0.15) is 11.5 Å². The molecule has 0 aliphatic carbocycles. The summed E-state index contributed by atoms with van der Waals surface area (Å²) in [7, 11) is -3.98. The zero-order valence-corrected chi connectivity index (χ0v) is 18.4. The van der Waals surface area contributed by atoms with E-state index in [1.165, 1.54) is 12.1 Å². The fraction of sp³-hybridized carbons (Fsp3) is 0.0400.